The van der Waals surface area contributed by atoms with Crippen molar-refractivity contribution < 1.29 is 19.1 Å². The van der Waals surface area contributed by atoms with Gasteiger partial charge >= 0.3 is 6.09 Å². The number of ether oxygens (including phenoxy) is 1. The highest BCUT2D eigenvalue weighted by atomic mass is 16.6. The summed E-state index contributed by atoms with van der Waals surface area (Å²) in [4.78, 5) is 39.1. The lowest BCUT2D eigenvalue weighted by Crippen LogP contribution is -2.49. The van der Waals surface area contributed by atoms with Gasteiger partial charge in [-0.2, -0.15) is 0 Å². The molecule has 1 aromatic carbocycles. The zero-order chi connectivity index (χ0) is 19.6. The molecule has 148 valence electrons. The maximum atomic E-state index is 12.3. The fraction of sp³-hybridized carbons (Fsp3) is 0.550. The number of nitrogens with one attached hydrogen (secondary N) is 1. The van der Waals surface area contributed by atoms with Gasteiger partial charge in [0.1, 0.15) is 0 Å². The van der Waals surface area contributed by atoms with Crippen LogP contribution in [0.3, 0.4) is 0 Å². The van der Waals surface area contributed by atoms with Crippen molar-refractivity contribution in [3.63, 3.8) is 0 Å². The number of rotatable bonds is 7. The Morgan fingerprint density at radius 2 is 1.85 bits per heavy atom. The smallest absolute Gasteiger partial charge is 0.409 e. The van der Waals surface area contributed by atoms with Crippen LogP contribution in [0.25, 0.3) is 0 Å². The number of piperidine rings is 1. The van der Waals surface area contributed by atoms with Gasteiger partial charge in [-0.15, -0.1) is 0 Å². The molecule has 27 heavy (non-hydrogen) atoms. The Balaban J connectivity index is 1.76. The number of benzene rings is 1. The minimum Gasteiger partial charge on any atom is -0.450 e. The number of carbonyl (C=O) groups is 3. The van der Waals surface area contributed by atoms with Crippen LogP contribution in [0.1, 0.15) is 32.3 Å². The highest BCUT2D eigenvalue weighted by Crippen LogP contribution is 2.11. The van der Waals surface area contributed by atoms with Gasteiger partial charge in [0, 0.05) is 32.6 Å². The molecule has 1 heterocycles. The second kappa shape index (κ2) is 10.5. The molecule has 0 aliphatic carbocycles. The summed E-state index contributed by atoms with van der Waals surface area (Å²) in [7, 11) is 0. The molecule has 1 saturated heterocycles. The summed E-state index contributed by atoms with van der Waals surface area (Å²) in [5.74, 6) is -0.272. The van der Waals surface area contributed by atoms with Crippen LogP contribution in [0, 0.1) is 0 Å². The van der Waals surface area contributed by atoms with Crippen molar-refractivity contribution in [3.8, 4) is 0 Å². The van der Waals surface area contributed by atoms with E-state index in [1.807, 2.05) is 30.3 Å². The zero-order valence-electron chi connectivity index (χ0n) is 16.1. The van der Waals surface area contributed by atoms with Crippen molar-refractivity contribution in [3.05, 3.63) is 35.9 Å². The molecule has 0 aromatic heterocycles. The van der Waals surface area contributed by atoms with Crippen LogP contribution in [0.4, 0.5) is 4.79 Å². The van der Waals surface area contributed by atoms with E-state index in [0.717, 1.165) is 5.56 Å². The first-order valence-electron chi connectivity index (χ1n) is 9.50. The summed E-state index contributed by atoms with van der Waals surface area (Å²) in [5.41, 5.74) is 1.13. The van der Waals surface area contributed by atoms with Gasteiger partial charge < -0.3 is 19.9 Å². The normalized spacial score (nSPS) is 14.5. The fourth-order valence-corrected chi connectivity index (χ4v) is 3.12. The summed E-state index contributed by atoms with van der Waals surface area (Å²) in [6.07, 6.45) is 1.79. The quantitative estimate of drug-likeness (QED) is 0.788. The third-order valence-electron chi connectivity index (χ3n) is 4.68. The van der Waals surface area contributed by atoms with Crippen LogP contribution in [0.5, 0.6) is 0 Å². The number of amides is 3. The Bertz CT molecular complexity index is 627. The molecule has 7 nitrogen and oxygen atoms in total. The highest BCUT2D eigenvalue weighted by molar-refractivity contribution is 5.84. The first kappa shape index (κ1) is 20.7. The maximum absolute atomic E-state index is 12.3. The second-order valence-corrected chi connectivity index (χ2v) is 6.70. The first-order chi connectivity index (χ1) is 13.0. The van der Waals surface area contributed by atoms with Crippen molar-refractivity contribution in [1.82, 2.24) is 15.1 Å². The van der Waals surface area contributed by atoms with Crippen LogP contribution in [-0.2, 0) is 20.7 Å². The molecule has 1 aromatic rings. The van der Waals surface area contributed by atoms with Gasteiger partial charge in [0.15, 0.2) is 0 Å². The summed E-state index contributed by atoms with van der Waals surface area (Å²) >= 11 is 0. The van der Waals surface area contributed by atoms with Crippen LogP contribution in [0.15, 0.2) is 30.3 Å². The molecule has 2 rings (SSSR count). The van der Waals surface area contributed by atoms with E-state index >= 15 is 0 Å². The molecule has 3 amide bonds. The van der Waals surface area contributed by atoms with E-state index in [4.69, 9.17) is 4.74 Å². The van der Waals surface area contributed by atoms with Gasteiger partial charge in [0.05, 0.1) is 13.2 Å². The molecule has 1 aliphatic rings. The Morgan fingerprint density at radius 3 is 2.44 bits per heavy atom. The Morgan fingerprint density at radius 1 is 1.19 bits per heavy atom. The van der Waals surface area contributed by atoms with E-state index in [0.29, 0.717) is 45.5 Å². The van der Waals surface area contributed by atoms with E-state index in [1.165, 1.54) is 6.92 Å². The second-order valence-electron chi connectivity index (χ2n) is 6.70. The molecule has 1 aliphatic heterocycles. The van der Waals surface area contributed by atoms with Crippen LogP contribution in [-0.4, -0.2) is 66.5 Å². The van der Waals surface area contributed by atoms with Crippen molar-refractivity contribution in [1.29, 1.82) is 0 Å². The molecule has 0 unspecified atom stereocenters. The zero-order valence-corrected chi connectivity index (χ0v) is 16.1. The van der Waals surface area contributed by atoms with Gasteiger partial charge in [-0.1, -0.05) is 30.3 Å². The fourth-order valence-electron chi connectivity index (χ4n) is 3.12. The predicted octanol–water partition coefficient (Wildman–Crippen LogP) is 1.81. The Kier molecular flexibility index (Phi) is 8.10. The summed E-state index contributed by atoms with van der Waals surface area (Å²) < 4.78 is 5.00. The SMILES string of the molecule is CCOC(=O)N1CCC(NC(=O)CN(CCc2ccccc2)C(C)=O)CC1. The van der Waals surface area contributed by atoms with Gasteiger partial charge in [0.25, 0.3) is 0 Å². The lowest BCUT2D eigenvalue weighted by Gasteiger charge is -2.32. The minimum atomic E-state index is -0.300. The van der Waals surface area contributed by atoms with Crippen LogP contribution in [0.2, 0.25) is 0 Å². The summed E-state index contributed by atoms with van der Waals surface area (Å²) in [5, 5.41) is 2.98. The first-order valence-corrected chi connectivity index (χ1v) is 9.50. The molecule has 0 atom stereocenters. The Hall–Kier alpha value is -2.57. The molecule has 1 fully saturated rings. The predicted molar refractivity (Wildman–Crippen MR) is 102 cm³/mol. The molecule has 0 spiro atoms. The number of hydrogen-bond acceptors (Lipinski definition) is 4. The van der Waals surface area contributed by atoms with Crippen molar-refractivity contribution >= 4 is 17.9 Å². The van der Waals surface area contributed by atoms with Gasteiger partial charge in [-0.25, -0.2) is 4.79 Å². The van der Waals surface area contributed by atoms with Crippen molar-refractivity contribution in [2.45, 2.75) is 39.2 Å². The molecular formula is C20H29N3O4. The molecule has 7 heteroatoms. The van der Waals surface area contributed by atoms with E-state index in [2.05, 4.69) is 5.32 Å². The summed E-state index contributed by atoms with van der Waals surface area (Å²) in [6.45, 7) is 5.32. The largest absolute Gasteiger partial charge is 0.450 e. The molecule has 0 radical (unpaired) electrons. The van der Waals surface area contributed by atoms with Gasteiger partial charge in [-0.05, 0) is 31.7 Å². The Labute approximate surface area is 160 Å². The monoisotopic (exact) mass is 375 g/mol. The summed E-state index contributed by atoms with van der Waals surface area (Å²) in [6, 6.07) is 9.91. The van der Waals surface area contributed by atoms with Crippen molar-refractivity contribution in [2.75, 3.05) is 32.8 Å². The highest BCUT2D eigenvalue weighted by Gasteiger charge is 2.25. The third kappa shape index (κ3) is 6.92. The minimum absolute atomic E-state index is 0.0195. The van der Waals surface area contributed by atoms with Gasteiger partial charge in [-0.3, -0.25) is 9.59 Å². The molecular weight excluding hydrogens is 346 g/mol. The number of carbonyl (C=O) groups excluding carboxylic acids is 3. The number of nitrogens with zero attached hydrogens (tertiary/aromatic N) is 2. The molecule has 0 saturated carbocycles. The lowest BCUT2D eigenvalue weighted by molar-refractivity contribution is -0.134. The lowest BCUT2D eigenvalue weighted by atomic mass is 10.1. The molecule has 0 bridgehead atoms. The third-order valence-corrected chi connectivity index (χ3v) is 4.68. The average molecular weight is 375 g/mol. The van der Waals surface area contributed by atoms with E-state index in [9.17, 15) is 14.4 Å². The van der Waals surface area contributed by atoms with Crippen molar-refractivity contribution in [2.24, 2.45) is 0 Å². The standard InChI is InChI=1S/C20H29N3O4/c1-3-27-20(26)22-13-10-18(11-14-22)21-19(25)15-23(16(2)24)12-9-17-7-5-4-6-8-17/h4-8,18H,3,9-15H2,1-2H3,(H,21,25). The topological polar surface area (TPSA) is 79.0 Å². The van der Waals surface area contributed by atoms with E-state index in [-0.39, 0.29) is 30.5 Å². The maximum Gasteiger partial charge on any atom is 0.409 e. The van der Waals surface area contributed by atoms with Crippen LogP contribution >= 0.6 is 0 Å². The average Bonchev–Trinajstić information content (AvgIpc) is 2.66. The number of hydrogen-bond donors (Lipinski definition) is 1. The van der Waals surface area contributed by atoms with E-state index < -0.39 is 0 Å². The number of likely N-dealkylation sites (tertiary alicyclic amines) is 1. The molecule has 1 N–H and O–H groups in total. The van der Waals surface area contributed by atoms with E-state index in [1.54, 1.807) is 16.7 Å². The van der Waals surface area contributed by atoms with Gasteiger partial charge in [0.2, 0.25) is 11.8 Å². The van der Waals surface area contributed by atoms with Crippen LogP contribution < -0.4 is 5.32 Å².